The number of anilines is 1. The van der Waals surface area contributed by atoms with E-state index in [0.717, 1.165) is 59.6 Å². The van der Waals surface area contributed by atoms with Crippen LogP contribution in [0.5, 0.6) is 23.0 Å². The zero-order valence-corrected chi connectivity index (χ0v) is 22.1. The Morgan fingerprint density at radius 1 is 0.947 bits per heavy atom. The Balaban J connectivity index is 1.24. The molecule has 1 spiro atoms. The lowest BCUT2D eigenvalue weighted by Gasteiger charge is -2.41. The van der Waals surface area contributed by atoms with Crippen molar-refractivity contribution < 1.29 is 28.5 Å². The normalized spacial score (nSPS) is 15.8. The summed E-state index contributed by atoms with van der Waals surface area (Å²) in [5, 5.41) is 6.38. The van der Waals surface area contributed by atoms with Gasteiger partial charge in [-0.2, -0.15) is 0 Å². The fraction of sp³-hybridized carbons (Fsp3) is 0.367. The zero-order chi connectivity index (χ0) is 26.5. The summed E-state index contributed by atoms with van der Waals surface area (Å²) in [6, 6.07) is 17.8. The molecule has 38 heavy (non-hydrogen) atoms. The summed E-state index contributed by atoms with van der Waals surface area (Å²) in [4.78, 5) is 12.8. The summed E-state index contributed by atoms with van der Waals surface area (Å²) in [5.74, 6) is 1.98. The van der Waals surface area contributed by atoms with E-state index in [4.69, 9.17) is 23.7 Å². The highest BCUT2D eigenvalue weighted by Crippen LogP contribution is 2.39. The number of methoxy groups -OCH3 is 3. The number of carbonyl (C=O) groups is 1. The Labute approximate surface area is 223 Å². The van der Waals surface area contributed by atoms with E-state index in [1.165, 1.54) is 0 Å². The van der Waals surface area contributed by atoms with Crippen LogP contribution >= 0.6 is 0 Å². The Kier molecular flexibility index (Phi) is 7.72. The van der Waals surface area contributed by atoms with E-state index in [2.05, 4.69) is 22.8 Å². The highest BCUT2D eigenvalue weighted by Gasteiger charge is 2.38. The number of fused-ring (bicyclic) bond motifs is 1. The van der Waals surface area contributed by atoms with Crippen LogP contribution in [-0.2, 0) is 22.6 Å². The number of nitrogens with one attached hydrogen (secondary N) is 2. The second-order valence-corrected chi connectivity index (χ2v) is 9.54. The van der Waals surface area contributed by atoms with Crippen molar-refractivity contribution in [1.82, 2.24) is 5.32 Å². The van der Waals surface area contributed by atoms with Crippen LogP contribution in [0.4, 0.5) is 5.69 Å². The van der Waals surface area contributed by atoms with Gasteiger partial charge in [0.15, 0.2) is 11.5 Å². The summed E-state index contributed by atoms with van der Waals surface area (Å²) >= 11 is 0. The molecule has 0 unspecified atom stereocenters. The van der Waals surface area contributed by atoms with Crippen LogP contribution in [-0.4, -0.2) is 46.1 Å². The van der Waals surface area contributed by atoms with Gasteiger partial charge in [0.2, 0.25) is 17.4 Å². The van der Waals surface area contributed by atoms with Gasteiger partial charge >= 0.3 is 0 Å². The maximum Gasteiger partial charge on any atom is 0.224 e. The monoisotopic (exact) mass is 518 g/mol. The van der Waals surface area contributed by atoms with Gasteiger partial charge in [0, 0.05) is 43.6 Å². The van der Waals surface area contributed by atoms with Gasteiger partial charge in [-0.15, -0.1) is 0 Å². The molecule has 8 heteroatoms. The minimum absolute atomic E-state index is 0.0737. The molecular weight excluding hydrogens is 484 g/mol. The smallest absolute Gasteiger partial charge is 0.224 e. The standard InChI is InChI=1S/C30H34N2O6/c1-34-26-15-20(16-27(35-2)29(26)36-3)7-10-28(33)32-24-6-4-5-21(18-24)22-8-9-25-23(17-22)19-37-30(38-25)11-13-31-14-12-30/h4-6,8-9,15-18,31H,7,10-14,19H2,1-3H3,(H,32,33). The SMILES string of the molecule is COc1cc(CCC(=O)Nc2cccc(-c3ccc4c(c3)COC3(CCNCC3)O4)c2)cc(OC)c1OC. The predicted molar refractivity (Wildman–Crippen MR) is 145 cm³/mol. The second-order valence-electron chi connectivity index (χ2n) is 9.54. The van der Waals surface area contributed by atoms with Crippen molar-refractivity contribution in [2.24, 2.45) is 0 Å². The van der Waals surface area contributed by atoms with E-state index in [9.17, 15) is 4.79 Å². The first-order chi connectivity index (χ1) is 18.5. The molecule has 3 aromatic carbocycles. The lowest BCUT2D eigenvalue weighted by Crippen LogP contribution is -2.49. The minimum Gasteiger partial charge on any atom is -0.493 e. The van der Waals surface area contributed by atoms with Crippen molar-refractivity contribution in [3.63, 3.8) is 0 Å². The van der Waals surface area contributed by atoms with Crippen LogP contribution in [0.2, 0.25) is 0 Å². The maximum atomic E-state index is 12.8. The summed E-state index contributed by atoms with van der Waals surface area (Å²) in [6.45, 7) is 2.32. The van der Waals surface area contributed by atoms with Crippen LogP contribution in [0.1, 0.15) is 30.4 Å². The average molecular weight is 519 g/mol. The molecule has 2 N–H and O–H groups in total. The molecule has 2 heterocycles. The quantitative estimate of drug-likeness (QED) is 0.437. The third kappa shape index (κ3) is 5.56. The number of carbonyl (C=O) groups excluding carboxylic acids is 1. The fourth-order valence-corrected chi connectivity index (χ4v) is 5.00. The van der Waals surface area contributed by atoms with E-state index in [-0.39, 0.29) is 5.91 Å². The number of amides is 1. The van der Waals surface area contributed by atoms with Gasteiger partial charge in [-0.05, 0) is 59.5 Å². The number of aryl methyl sites for hydroxylation is 1. The molecule has 8 nitrogen and oxygen atoms in total. The number of hydrogen-bond acceptors (Lipinski definition) is 7. The Bertz CT molecular complexity index is 1280. The molecule has 2 aliphatic heterocycles. The molecule has 0 bridgehead atoms. The number of piperidine rings is 1. The van der Waals surface area contributed by atoms with Gasteiger partial charge in [0.25, 0.3) is 0 Å². The molecule has 1 fully saturated rings. The highest BCUT2D eigenvalue weighted by molar-refractivity contribution is 5.91. The van der Waals surface area contributed by atoms with E-state index >= 15 is 0 Å². The lowest BCUT2D eigenvalue weighted by molar-refractivity contribution is -0.218. The summed E-state index contributed by atoms with van der Waals surface area (Å²) in [7, 11) is 4.72. The molecular formula is C30H34N2O6. The van der Waals surface area contributed by atoms with Crippen molar-refractivity contribution in [2.45, 2.75) is 38.1 Å². The largest absolute Gasteiger partial charge is 0.493 e. The molecule has 0 radical (unpaired) electrons. The van der Waals surface area contributed by atoms with Crippen LogP contribution in [0.3, 0.4) is 0 Å². The third-order valence-electron chi connectivity index (χ3n) is 7.06. The molecule has 2 aliphatic rings. The first-order valence-electron chi connectivity index (χ1n) is 12.9. The maximum absolute atomic E-state index is 12.8. The van der Waals surface area contributed by atoms with Crippen LogP contribution in [0.15, 0.2) is 54.6 Å². The second kappa shape index (κ2) is 11.3. The number of rotatable bonds is 8. The molecule has 1 amide bonds. The van der Waals surface area contributed by atoms with Crippen molar-refractivity contribution in [3.8, 4) is 34.1 Å². The third-order valence-corrected chi connectivity index (χ3v) is 7.06. The van der Waals surface area contributed by atoms with Crippen LogP contribution in [0.25, 0.3) is 11.1 Å². The van der Waals surface area contributed by atoms with Gasteiger partial charge in [0.05, 0.1) is 27.9 Å². The zero-order valence-electron chi connectivity index (χ0n) is 22.1. The van der Waals surface area contributed by atoms with Gasteiger partial charge in [-0.3, -0.25) is 4.79 Å². The van der Waals surface area contributed by atoms with Gasteiger partial charge < -0.3 is 34.3 Å². The van der Waals surface area contributed by atoms with Gasteiger partial charge in [0.1, 0.15) is 5.75 Å². The number of benzene rings is 3. The van der Waals surface area contributed by atoms with Crippen molar-refractivity contribution in [3.05, 3.63) is 65.7 Å². The molecule has 0 saturated carbocycles. The first-order valence-corrected chi connectivity index (χ1v) is 12.9. The van der Waals surface area contributed by atoms with E-state index in [1.807, 2.05) is 42.5 Å². The van der Waals surface area contributed by atoms with Crippen LogP contribution in [0, 0.1) is 0 Å². The van der Waals surface area contributed by atoms with E-state index < -0.39 is 5.79 Å². The number of hydrogen-bond donors (Lipinski definition) is 2. The van der Waals surface area contributed by atoms with E-state index in [0.29, 0.717) is 36.7 Å². The van der Waals surface area contributed by atoms with Crippen LogP contribution < -0.4 is 29.6 Å². The summed E-state index contributed by atoms with van der Waals surface area (Å²) < 4.78 is 28.7. The average Bonchev–Trinajstić information content (AvgIpc) is 2.95. The lowest BCUT2D eigenvalue weighted by atomic mass is 9.99. The minimum atomic E-state index is -0.508. The van der Waals surface area contributed by atoms with Gasteiger partial charge in [-0.25, -0.2) is 0 Å². The molecule has 1 saturated heterocycles. The molecule has 200 valence electrons. The Hall–Kier alpha value is -3.75. The number of ether oxygens (including phenoxy) is 5. The molecule has 3 aromatic rings. The van der Waals surface area contributed by atoms with Crippen molar-refractivity contribution >= 4 is 11.6 Å². The summed E-state index contributed by atoms with van der Waals surface area (Å²) in [6.07, 6.45) is 2.53. The molecule has 0 aliphatic carbocycles. The fourth-order valence-electron chi connectivity index (χ4n) is 5.00. The highest BCUT2D eigenvalue weighted by atomic mass is 16.7. The molecule has 0 atom stereocenters. The molecule has 0 aromatic heterocycles. The Morgan fingerprint density at radius 3 is 2.39 bits per heavy atom. The Morgan fingerprint density at radius 2 is 1.68 bits per heavy atom. The van der Waals surface area contributed by atoms with Gasteiger partial charge in [-0.1, -0.05) is 18.2 Å². The predicted octanol–water partition coefficient (Wildman–Crippen LogP) is 4.94. The van der Waals surface area contributed by atoms with Crippen molar-refractivity contribution in [2.75, 3.05) is 39.7 Å². The molecule has 5 rings (SSSR count). The van der Waals surface area contributed by atoms with E-state index in [1.54, 1.807) is 21.3 Å². The summed E-state index contributed by atoms with van der Waals surface area (Å²) in [5.41, 5.74) is 4.76. The van der Waals surface area contributed by atoms with Crippen molar-refractivity contribution in [1.29, 1.82) is 0 Å². The topological polar surface area (TPSA) is 87.3 Å². The first kappa shape index (κ1) is 25.9.